The molecule has 2 aromatic carbocycles. The lowest BCUT2D eigenvalue weighted by Gasteiger charge is -2.23. The van der Waals surface area contributed by atoms with Crippen LogP contribution in [-0.4, -0.2) is 0 Å². The van der Waals surface area contributed by atoms with Crippen LogP contribution in [0.3, 0.4) is 0 Å². The van der Waals surface area contributed by atoms with Crippen LogP contribution < -0.4 is 0 Å². The number of rotatable bonds is 5. The van der Waals surface area contributed by atoms with E-state index in [1.54, 1.807) is 0 Å². The zero-order valence-corrected chi connectivity index (χ0v) is 13.1. The number of nitrogens with zero attached hydrogens (tertiary/aromatic N) is 2. The van der Waals surface area contributed by atoms with E-state index in [0.717, 1.165) is 16.5 Å². The highest BCUT2D eigenvalue weighted by atomic mass is 14.4. The van der Waals surface area contributed by atoms with Crippen molar-refractivity contribution < 1.29 is 0 Å². The van der Waals surface area contributed by atoms with Gasteiger partial charge in [-0.1, -0.05) is 61.5 Å². The van der Waals surface area contributed by atoms with Crippen LogP contribution >= 0.6 is 0 Å². The molecular formula is C20H20N2. The standard InChI is InChI=1S/C20H20N2/c1-15(2)16(3)11-20(13-21,14-22)12-17-8-9-18-6-4-5-7-19(18)10-17/h4-10,16H,1,11-12H2,2-3H3. The second-order valence-corrected chi connectivity index (χ2v) is 6.12. The molecule has 22 heavy (non-hydrogen) atoms. The van der Waals surface area contributed by atoms with Crippen LogP contribution in [0.5, 0.6) is 0 Å². The van der Waals surface area contributed by atoms with Gasteiger partial charge in [0.15, 0.2) is 0 Å². The van der Waals surface area contributed by atoms with Gasteiger partial charge in [-0.15, -0.1) is 0 Å². The normalized spacial score (nSPS) is 12.4. The van der Waals surface area contributed by atoms with Crippen molar-refractivity contribution in [3.05, 3.63) is 60.2 Å². The molecule has 0 N–H and O–H groups in total. The molecule has 2 rings (SSSR count). The molecule has 2 heteroatoms. The van der Waals surface area contributed by atoms with Crippen LogP contribution in [0.4, 0.5) is 0 Å². The second-order valence-electron chi connectivity index (χ2n) is 6.12. The van der Waals surface area contributed by atoms with Crippen molar-refractivity contribution in [3.8, 4) is 12.1 Å². The number of allylic oxidation sites excluding steroid dienone is 1. The molecule has 0 heterocycles. The minimum absolute atomic E-state index is 0.153. The SMILES string of the molecule is C=C(C)C(C)CC(C#N)(C#N)Cc1ccc2ccccc2c1. The number of benzene rings is 2. The molecule has 0 spiro atoms. The topological polar surface area (TPSA) is 47.6 Å². The van der Waals surface area contributed by atoms with E-state index >= 15 is 0 Å². The number of nitriles is 2. The van der Waals surface area contributed by atoms with E-state index in [1.807, 2.05) is 38.1 Å². The van der Waals surface area contributed by atoms with Gasteiger partial charge in [0.25, 0.3) is 0 Å². The summed E-state index contributed by atoms with van der Waals surface area (Å²) in [6.07, 6.45) is 0.963. The lowest BCUT2D eigenvalue weighted by Crippen LogP contribution is -2.23. The van der Waals surface area contributed by atoms with Gasteiger partial charge in [-0.3, -0.25) is 0 Å². The van der Waals surface area contributed by atoms with Gasteiger partial charge >= 0.3 is 0 Å². The Kier molecular flexibility index (Phi) is 4.64. The summed E-state index contributed by atoms with van der Waals surface area (Å²) in [4.78, 5) is 0. The van der Waals surface area contributed by atoms with Crippen LogP contribution in [0.25, 0.3) is 10.8 Å². The molecule has 2 nitrogen and oxygen atoms in total. The van der Waals surface area contributed by atoms with E-state index in [-0.39, 0.29) is 5.92 Å². The zero-order valence-electron chi connectivity index (χ0n) is 13.1. The van der Waals surface area contributed by atoms with Crippen molar-refractivity contribution in [2.45, 2.75) is 26.7 Å². The van der Waals surface area contributed by atoms with Crippen molar-refractivity contribution in [2.24, 2.45) is 11.3 Å². The third-order valence-electron chi connectivity index (χ3n) is 4.24. The van der Waals surface area contributed by atoms with Gasteiger partial charge in [0.1, 0.15) is 5.41 Å². The summed E-state index contributed by atoms with van der Waals surface area (Å²) in [6.45, 7) is 7.90. The Bertz CT molecular complexity index is 760. The first-order valence-corrected chi connectivity index (χ1v) is 7.45. The van der Waals surface area contributed by atoms with Crippen LogP contribution in [0, 0.1) is 34.0 Å². The monoisotopic (exact) mass is 288 g/mol. The number of hydrogen-bond acceptors (Lipinski definition) is 2. The Hall–Kier alpha value is -2.58. The molecule has 0 fully saturated rings. The maximum absolute atomic E-state index is 9.58. The second kappa shape index (κ2) is 6.46. The molecule has 0 radical (unpaired) electrons. The Morgan fingerprint density at radius 3 is 2.36 bits per heavy atom. The fourth-order valence-electron chi connectivity index (χ4n) is 2.66. The Labute approximate surface area is 132 Å². The third-order valence-corrected chi connectivity index (χ3v) is 4.24. The zero-order chi connectivity index (χ0) is 16.2. The molecule has 2 aromatic rings. The fourth-order valence-corrected chi connectivity index (χ4v) is 2.66. The Morgan fingerprint density at radius 1 is 1.14 bits per heavy atom. The highest BCUT2D eigenvalue weighted by Crippen LogP contribution is 2.32. The molecule has 0 amide bonds. The maximum atomic E-state index is 9.58. The fraction of sp³-hybridized carbons (Fsp3) is 0.300. The molecule has 0 saturated carbocycles. The molecule has 1 unspecified atom stereocenters. The Morgan fingerprint density at radius 2 is 1.77 bits per heavy atom. The van der Waals surface area contributed by atoms with E-state index in [4.69, 9.17) is 0 Å². The number of hydrogen-bond donors (Lipinski definition) is 0. The molecule has 0 aromatic heterocycles. The molecule has 0 bridgehead atoms. The summed E-state index contributed by atoms with van der Waals surface area (Å²) < 4.78 is 0. The summed E-state index contributed by atoms with van der Waals surface area (Å²) in [5, 5.41) is 21.5. The van der Waals surface area contributed by atoms with Gasteiger partial charge in [-0.05, 0) is 35.6 Å². The number of fused-ring (bicyclic) bond motifs is 1. The van der Waals surface area contributed by atoms with Gasteiger partial charge < -0.3 is 0 Å². The van der Waals surface area contributed by atoms with Crippen molar-refractivity contribution in [1.82, 2.24) is 0 Å². The summed E-state index contributed by atoms with van der Waals surface area (Å²) in [5.74, 6) is 0.153. The smallest absolute Gasteiger partial charge is 0.148 e. The Balaban J connectivity index is 2.32. The first-order valence-electron chi connectivity index (χ1n) is 7.45. The van der Waals surface area contributed by atoms with Crippen molar-refractivity contribution in [1.29, 1.82) is 10.5 Å². The van der Waals surface area contributed by atoms with Crippen molar-refractivity contribution in [3.63, 3.8) is 0 Å². The van der Waals surface area contributed by atoms with Gasteiger partial charge in [-0.2, -0.15) is 10.5 Å². The van der Waals surface area contributed by atoms with Crippen LogP contribution in [0.2, 0.25) is 0 Å². The predicted molar refractivity (Wildman–Crippen MR) is 89.9 cm³/mol. The lowest BCUT2D eigenvalue weighted by atomic mass is 9.76. The van der Waals surface area contributed by atoms with Gasteiger partial charge in [-0.25, -0.2) is 0 Å². The summed E-state index contributed by atoms with van der Waals surface area (Å²) in [5.41, 5.74) is 1.03. The molecular weight excluding hydrogens is 268 g/mol. The van der Waals surface area contributed by atoms with E-state index in [9.17, 15) is 10.5 Å². The first kappa shape index (κ1) is 15.8. The first-order chi connectivity index (χ1) is 10.5. The van der Waals surface area contributed by atoms with Gasteiger partial charge in [0.2, 0.25) is 0 Å². The summed E-state index contributed by atoms with van der Waals surface area (Å²) in [7, 11) is 0. The van der Waals surface area contributed by atoms with E-state index < -0.39 is 5.41 Å². The third kappa shape index (κ3) is 3.35. The average molecular weight is 288 g/mol. The van der Waals surface area contributed by atoms with Crippen LogP contribution in [0.15, 0.2) is 54.6 Å². The van der Waals surface area contributed by atoms with Gasteiger partial charge in [0, 0.05) is 6.42 Å². The van der Waals surface area contributed by atoms with E-state index in [0.29, 0.717) is 12.8 Å². The highest BCUT2D eigenvalue weighted by Gasteiger charge is 2.32. The predicted octanol–water partition coefficient (Wildman–Crippen LogP) is 5.02. The lowest BCUT2D eigenvalue weighted by molar-refractivity contribution is 0.408. The molecule has 1 atom stereocenters. The molecule has 0 aliphatic heterocycles. The van der Waals surface area contributed by atoms with Crippen LogP contribution in [-0.2, 0) is 6.42 Å². The molecule has 0 saturated heterocycles. The largest absolute Gasteiger partial charge is 0.197 e. The van der Waals surface area contributed by atoms with Crippen molar-refractivity contribution >= 4 is 10.8 Å². The van der Waals surface area contributed by atoms with E-state index in [2.05, 4.69) is 36.9 Å². The minimum atomic E-state index is -0.999. The maximum Gasteiger partial charge on any atom is 0.148 e. The molecule has 0 aliphatic rings. The molecule has 110 valence electrons. The summed E-state index contributed by atoms with van der Waals surface area (Å²) >= 11 is 0. The van der Waals surface area contributed by atoms with Crippen LogP contribution in [0.1, 0.15) is 25.8 Å². The quantitative estimate of drug-likeness (QED) is 0.725. The summed E-state index contributed by atoms with van der Waals surface area (Å²) in [6, 6.07) is 18.7. The van der Waals surface area contributed by atoms with Gasteiger partial charge in [0.05, 0.1) is 12.1 Å². The highest BCUT2D eigenvalue weighted by molar-refractivity contribution is 5.83. The van der Waals surface area contributed by atoms with Crippen molar-refractivity contribution in [2.75, 3.05) is 0 Å². The van der Waals surface area contributed by atoms with E-state index in [1.165, 1.54) is 5.39 Å². The molecule has 0 aliphatic carbocycles. The minimum Gasteiger partial charge on any atom is -0.197 e. The average Bonchev–Trinajstić information content (AvgIpc) is 2.53.